The van der Waals surface area contributed by atoms with Gasteiger partial charge in [-0.05, 0) is 90.5 Å². The number of alkyl carbamates (subject to hydrolysis) is 1. The number of ether oxygens (including phenoxy) is 1. The number of anilines is 1. The van der Waals surface area contributed by atoms with E-state index in [0.29, 0.717) is 37.1 Å². The third kappa shape index (κ3) is 6.18. The molecule has 0 saturated carbocycles. The van der Waals surface area contributed by atoms with Gasteiger partial charge in [-0.25, -0.2) is 13.6 Å². The van der Waals surface area contributed by atoms with Crippen LogP contribution < -0.4 is 15.7 Å². The summed E-state index contributed by atoms with van der Waals surface area (Å²) in [6, 6.07) is 9.33. The van der Waals surface area contributed by atoms with Gasteiger partial charge < -0.3 is 24.3 Å². The summed E-state index contributed by atoms with van der Waals surface area (Å²) in [5.41, 5.74) is 1.86. The van der Waals surface area contributed by atoms with Crippen LogP contribution in [0.4, 0.5) is 19.3 Å². The number of amides is 1. The summed E-state index contributed by atoms with van der Waals surface area (Å²) < 4.78 is 46.7. The minimum absolute atomic E-state index is 0.0513. The van der Waals surface area contributed by atoms with Gasteiger partial charge in [-0.1, -0.05) is 12.1 Å². The predicted octanol–water partition coefficient (Wildman–Crippen LogP) is 5.97. The molecule has 0 unspecified atom stereocenters. The molecule has 2 fully saturated rings. The van der Waals surface area contributed by atoms with Crippen LogP contribution in [0, 0.1) is 11.6 Å². The van der Waals surface area contributed by atoms with Gasteiger partial charge in [0.2, 0.25) is 0 Å². The van der Waals surface area contributed by atoms with Crippen molar-refractivity contribution in [1.82, 2.24) is 10.3 Å². The Balaban J connectivity index is 1.52. The highest BCUT2D eigenvalue weighted by Gasteiger charge is 2.51. The minimum Gasteiger partial charge on any atom is -0.444 e. The number of nitrogens with zero attached hydrogens (tertiary/aromatic N) is 2. The number of carbonyl (C=O) groups is 1. The van der Waals surface area contributed by atoms with Crippen molar-refractivity contribution in [2.75, 3.05) is 18.0 Å². The van der Waals surface area contributed by atoms with Crippen LogP contribution in [0.2, 0.25) is 0 Å². The lowest BCUT2D eigenvalue weighted by Gasteiger charge is -2.36. The number of pyridine rings is 1. The zero-order chi connectivity index (χ0) is 29.7. The van der Waals surface area contributed by atoms with Crippen molar-refractivity contribution in [3.63, 3.8) is 0 Å². The Morgan fingerprint density at radius 2 is 1.63 bits per heavy atom. The number of aromatic nitrogens is 1. The van der Waals surface area contributed by atoms with Gasteiger partial charge >= 0.3 is 13.2 Å². The topological polar surface area (TPSA) is 72.9 Å². The van der Waals surface area contributed by atoms with Crippen LogP contribution in [-0.2, 0) is 14.0 Å². The maximum Gasteiger partial charge on any atom is 0.494 e. The first-order valence-corrected chi connectivity index (χ1v) is 14.1. The average molecular weight is 565 g/mol. The number of benzene rings is 2. The molecule has 10 heteroatoms. The number of fused-ring (bicyclic) bond motifs is 1. The lowest BCUT2D eigenvalue weighted by Crippen LogP contribution is -2.46. The van der Waals surface area contributed by atoms with Gasteiger partial charge in [-0.3, -0.25) is 4.98 Å². The van der Waals surface area contributed by atoms with Gasteiger partial charge in [-0.2, -0.15) is 0 Å². The molecule has 41 heavy (non-hydrogen) atoms. The Morgan fingerprint density at radius 1 is 1.02 bits per heavy atom. The molecule has 1 N–H and O–H groups in total. The van der Waals surface area contributed by atoms with Crippen LogP contribution in [0.5, 0.6) is 0 Å². The number of hydrogen-bond donors (Lipinski definition) is 1. The van der Waals surface area contributed by atoms with Crippen LogP contribution >= 0.6 is 0 Å². The molecular weight excluding hydrogens is 527 g/mol. The molecular formula is C31H38BF2N3O4. The highest BCUT2D eigenvalue weighted by Crippen LogP contribution is 2.40. The van der Waals surface area contributed by atoms with Crippen molar-refractivity contribution >= 4 is 35.3 Å². The smallest absolute Gasteiger partial charge is 0.444 e. The molecule has 2 aliphatic heterocycles. The van der Waals surface area contributed by atoms with Gasteiger partial charge in [0.1, 0.15) is 17.2 Å². The monoisotopic (exact) mass is 565 g/mol. The SMILES string of the molecule is CC(C)(C)OC(=O)NC1CCN(c2c(-c3cc(F)cc(F)c3)cnc3ccc(B4OC(C)(C)C(C)(C)O4)cc23)CC1. The third-order valence-electron chi connectivity index (χ3n) is 8.09. The summed E-state index contributed by atoms with van der Waals surface area (Å²) in [4.78, 5) is 19.2. The molecule has 3 aromatic rings. The lowest BCUT2D eigenvalue weighted by molar-refractivity contribution is 0.00578. The van der Waals surface area contributed by atoms with Crippen LogP contribution in [0.1, 0.15) is 61.3 Å². The van der Waals surface area contributed by atoms with Gasteiger partial charge in [0.25, 0.3) is 0 Å². The molecule has 0 radical (unpaired) electrons. The largest absolute Gasteiger partial charge is 0.494 e. The summed E-state index contributed by atoms with van der Waals surface area (Å²) in [6.07, 6.45) is 2.59. The number of halogens is 2. The lowest BCUT2D eigenvalue weighted by atomic mass is 9.78. The first-order valence-electron chi connectivity index (χ1n) is 14.1. The molecule has 0 spiro atoms. The van der Waals surface area contributed by atoms with Crippen LogP contribution in [0.25, 0.3) is 22.0 Å². The average Bonchev–Trinajstić information content (AvgIpc) is 3.08. The summed E-state index contributed by atoms with van der Waals surface area (Å²) in [6.45, 7) is 14.8. The molecule has 2 aromatic carbocycles. The molecule has 0 bridgehead atoms. The fourth-order valence-corrected chi connectivity index (χ4v) is 5.30. The Labute approximate surface area is 240 Å². The van der Waals surface area contributed by atoms with Gasteiger partial charge in [0.15, 0.2) is 0 Å². The van der Waals surface area contributed by atoms with Crippen molar-refractivity contribution in [3.05, 3.63) is 54.2 Å². The number of hydrogen-bond acceptors (Lipinski definition) is 6. The van der Waals surface area contributed by atoms with E-state index in [1.54, 1.807) is 6.20 Å². The van der Waals surface area contributed by atoms with Crippen molar-refractivity contribution in [2.24, 2.45) is 0 Å². The van der Waals surface area contributed by atoms with Gasteiger partial charge in [0.05, 0.1) is 22.4 Å². The van der Waals surface area contributed by atoms with Crippen molar-refractivity contribution < 1.29 is 27.6 Å². The molecule has 7 nitrogen and oxygen atoms in total. The first kappa shape index (κ1) is 29.3. The number of piperidine rings is 1. The third-order valence-corrected chi connectivity index (χ3v) is 8.09. The first-order chi connectivity index (χ1) is 19.1. The van der Waals surface area contributed by atoms with E-state index in [1.165, 1.54) is 12.1 Å². The van der Waals surface area contributed by atoms with E-state index < -0.39 is 41.6 Å². The Bertz CT molecular complexity index is 1430. The van der Waals surface area contributed by atoms with E-state index in [1.807, 2.05) is 66.7 Å². The molecule has 0 aliphatic carbocycles. The number of nitrogens with one attached hydrogen (secondary N) is 1. The standard InChI is InChI=1S/C31H38BF2N3O4/c1-29(2,3)39-28(38)36-23-10-12-37(13-11-23)27-24-16-20(32-40-30(4,5)31(6,7)41-32)8-9-26(24)35-18-25(27)19-14-21(33)17-22(34)15-19/h8-9,14-18,23H,10-13H2,1-7H3,(H,36,38). The van der Waals surface area contributed by atoms with Crippen LogP contribution in [0.3, 0.4) is 0 Å². The predicted molar refractivity (Wildman–Crippen MR) is 157 cm³/mol. The molecule has 2 saturated heterocycles. The molecule has 5 rings (SSSR count). The zero-order valence-corrected chi connectivity index (χ0v) is 24.8. The fraction of sp³-hybridized carbons (Fsp3) is 0.484. The van der Waals surface area contributed by atoms with Crippen molar-refractivity contribution in [3.8, 4) is 11.1 Å². The number of rotatable bonds is 4. The highest BCUT2D eigenvalue weighted by molar-refractivity contribution is 6.62. The van der Waals surface area contributed by atoms with Gasteiger partial charge in [0, 0.05) is 42.3 Å². The second-order valence-corrected chi connectivity index (χ2v) is 13.0. The Hall–Kier alpha value is -3.24. The van der Waals surface area contributed by atoms with E-state index in [4.69, 9.17) is 14.0 Å². The summed E-state index contributed by atoms with van der Waals surface area (Å²) in [5.74, 6) is -1.31. The highest BCUT2D eigenvalue weighted by atomic mass is 19.1. The minimum atomic E-state index is -0.655. The second kappa shape index (κ2) is 10.5. The summed E-state index contributed by atoms with van der Waals surface area (Å²) >= 11 is 0. The van der Waals surface area contributed by atoms with Crippen LogP contribution in [-0.4, -0.2) is 54.1 Å². The molecule has 1 amide bonds. The number of carbonyl (C=O) groups excluding carboxylic acids is 1. The second-order valence-electron chi connectivity index (χ2n) is 13.0. The van der Waals surface area contributed by atoms with Crippen LogP contribution in [0.15, 0.2) is 42.6 Å². The zero-order valence-electron chi connectivity index (χ0n) is 24.8. The maximum atomic E-state index is 14.3. The van der Waals surface area contributed by atoms with E-state index in [2.05, 4.69) is 15.2 Å². The van der Waals surface area contributed by atoms with Gasteiger partial charge in [-0.15, -0.1) is 0 Å². The van der Waals surface area contributed by atoms with E-state index >= 15 is 0 Å². The van der Waals surface area contributed by atoms with Crippen molar-refractivity contribution in [2.45, 2.75) is 84.2 Å². The Kier molecular flexibility index (Phi) is 7.53. The molecule has 1 aromatic heterocycles. The maximum absolute atomic E-state index is 14.3. The van der Waals surface area contributed by atoms with Crippen molar-refractivity contribution in [1.29, 1.82) is 0 Å². The fourth-order valence-electron chi connectivity index (χ4n) is 5.30. The quantitative estimate of drug-likeness (QED) is 0.393. The van der Waals surface area contributed by atoms with E-state index in [0.717, 1.165) is 28.1 Å². The van der Waals surface area contributed by atoms with E-state index in [-0.39, 0.29) is 6.04 Å². The molecule has 2 aliphatic rings. The molecule has 3 heterocycles. The molecule has 0 atom stereocenters. The summed E-state index contributed by atoms with van der Waals surface area (Å²) in [7, 11) is -0.573. The molecule has 218 valence electrons. The van der Waals surface area contributed by atoms with E-state index in [9.17, 15) is 13.6 Å². The normalized spacial score (nSPS) is 19.0. The Morgan fingerprint density at radius 3 is 2.22 bits per heavy atom. The summed E-state index contributed by atoms with van der Waals surface area (Å²) in [5, 5.41) is 3.81.